The minimum Gasteiger partial charge on any atom is -0.505 e. The molecule has 1 aliphatic carbocycles. The largest absolute Gasteiger partial charge is 0.505 e. The van der Waals surface area contributed by atoms with Gasteiger partial charge in [-0.15, -0.1) is 0 Å². The molecule has 3 amide bonds. The smallest absolute Gasteiger partial charge is 0.416 e. The van der Waals surface area contributed by atoms with Gasteiger partial charge in [-0.25, -0.2) is 15.0 Å². The number of anilines is 1. The van der Waals surface area contributed by atoms with Crippen molar-refractivity contribution in [1.29, 1.82) is 0 Å². The molecule has 1 saturated heterocycles. The highest BCUT2D eigenvalue weighted by atomic mass is 79.9. The van der Waals surface area contributed by atoms with Gasteiger partial charge < -0.3 is 20.2 Å². The Labute approximate surface area is 256 Å². The van der Waals surface area contributed by atoms with Crippen molar-refractivity contribution < 1.29 is 32.7 Å². The summed E-state index contributed by atoms with van der Waals surface area (Å²) in [5.74, 6) is -1.25. The van der Waals surface area contributed by atoms with Crippen LogP contribution < -0.4 is 10.7 Å². The second-order valence-corrected chi connectivity index (χ2v) is 11.9. The summed E-state index contributed by atoms with van der Waals surface area (Å²) in [5.41, 5.74) is 2.60. The van der Waals surface area contributed by atoms with E-state index in [0.29, 0.717) is 50.0 Å². The van der Waals surface area contributed by atoms with E-state index in [4.69, 9.17) is 11.6 Å². The van der Waals surface area contributed by atoms with Crippen LogP contribution >= 0.6 is 27.5 Å². The summed E-state index contributed by atoms with van der Waals surface area (Å²) in [6.45, 7) is 0.391. The number of guanidine groups is 1. The molecule has 0 bridgehead atoms. The van der Waals surface area contributed by atoms with Gasteiger partial charge in [-0.2, -0.15) is 18.6 Å². The summed E-state index contributed by atoms with van der Waals surface area (Å²) in [5, 5.41) is 13.0. The standard InChI is InChI=1S/C27H24BrClF3N7O4/c28-24-35-25-38(13-19(41)34-16-4-3-14(12-15(16)29)27(30,31)32)17-5-6-26(20(17)22(42)39(25)36-24)7-10-37(11-8-26)23(43)21-18(40)2-1-9-33-21/h1-4,9,12,24,36,40H,5-8,10-11,13H2,(H,34,41). The lowest BCUT2D eigenvalue weighted by atomic mass is 9.72. The zero-order chi connectivity index (χ0) is 30.7. The number of allylic oxidation sites excluding steroid dienone is 1. The van der Waals surface area contributed by atoms with Crippen molar-refractivity contribution in [2.45, 2.75) is 36.9 Å². The second-order valence-electron chi connectivity index (χ2n) is 10.6. The normalized spacial score (nSPS) is 21.2. The van der Waals surface area contributed by atoms with Crippen LogP contribution in [0, 0.1) is 5.41 Å². The van der Waals surface area contributed by atoms with Crippen LogP contribution in [0.1, 0.15) is 41.7 Å². The number of hydrazine groups is 1. The van der Waals surface area contributed by atoms with Crippen LogP contribution in [-0.2, 0) is 15.8 Å². The summed E-state index contributed by atoms with van der Waals surface area (Å²) < 4.78 is 39.1. The average molecular weight is 683 g/mol. The number of piperidine rings is 1. The van der Waals surface area contributed by atoms with Crippen molar-refractivity contribution >= 4 is 56.9 Å². The number of aromatic nitrogens is 1. The molecule has 4 aliphatic rings. The highest BCUT2D eigenvalue weighted by Crippen LogP contribution is 2.53. The van der Waals surface area contributed by atoms with Gasteiger partial charge in [-0.1, -0.05) is 11.6 Å². The first-order chi connectivity index (χ1) is 20.4. The Balaban J connectivity index is 1.24. The molecule has 1 spiro atoms. The van der Waals surface area contributed by atoms with Crippen LogP contribution in [0.15, 0.2) is 52.8 Å². The van der Waals surface area contributed by atoms with E-state index < -0.39 is 34.0 Å². The molecule has 0 saturated carbocycles. The number of likely N-dealkylation sites (tertiary alicyclic amines) is 1. The third-order valence-electron chi connectivity index (χ3n) is 8.18. The fraction of sp³-hybridized carbons (Fsp3) is 0.370. The molecule has 226 valence electrons. The van der Waals surface area contributed by atoms with Gasteiger partial charge in [0.1, 0.15) is 12.3 Å². The monoisotopic (exact) mass is 681 g/mol. The summed E-state index contributed by atoms with van der Waals surface area (Å²) in [4.78, 5) is 51.7. The van der Waals surface area contributed by atoms with Crippen molar-refractivity contribution in [3.05, 3.63) is 64.1 Å². The molecule has 1 aromatic heterocycles. The number of amides is 3. The number of rotatable bonds is 4. The van der Waals surface area contributed by atoms with Crippen LogP contribution in [0.4, 0.5) is 18.9 Å². The van der Waals surface area contributed by atoms with Crippen molar-refractivity contribution in [3.8, 4) is 5.75 Å². The fourth-order valence-corrected chi connectivity index (χ4v) is 6.72. The first-order valence-corrected chi connectivity index (χ1v) is 14.6. The van der Waals surface area contributed by atoms with Crippen molar-refractivity contribution in [2.24, 2.45) is 10.4 Å². The molecule has 1 aromatic carbocycles. The lowest BCUT2D eigenvalue weighted by Crippen LogP contribution is -2.57. The van der Waals surface area contributed by atoms with E-state index in [-0.39, 0.29) is 40.6 Å². The van der Waals surface area contributed by atoms with E-state index in [1.165, 1.54) is 23.3 Å². The molecule has 0 radical (unpaired) electrons. The predicted octanol–water partition coefficient (Wildman–Crippen LogP) is 4.07. The van der Waals surface area contributed by atoms with Crippen LogP contribution in [-0.4, -0.2) is 73.3 Å². The Bertz CT molecular complexity index is 1590. The minimum absolute atomic E-state index is 0.0162. The van der Waals surface area contributed by atoms with Gasteiger partial charge in [0.2, 0.25) is 11.9 Å². The maximum absolute atomic E-state index is 13.8. The maximum Gasteiger partial charge on any atom is 0.416 e. The minimum atomic E-state index is -4.58. The van der Waals surface area contributed by atoms with Gasteiger partial charge in [0.15, 0.2) is 10.8 Å². The molecule has 43 heavy (non-hydrogen) atoms. The van der Waals surface area contributed by atoms with Crippen molar-refractivity contribution in [1.82, 2.24) is 25.2 Å². The Morgan fingerprint density at radius 1 is 1.21 bits per heavy atom. The van der Waals surface area contributed by atoms with Gasteiger partial charge in [-0.05, 0) is 71.9 Å². The van der Waals surface area contributed by atoms with Crippen LogP contribution in [0.2, 0.25) is 5.02 Å². The quantitative estimate of drug-likeness (QED) is 0.328. The number of hydrogen-bond donors (Lipinski definition) is 3. The van der Waals surface area contributed by atoms with Crippen LogP contribution in [0.25, 0.3) is 0 Å². The van der Waals surface area contributed by atoms with Gasteiger partial charge in [0.25, 0.3) is 11.8 Å². The predicted molar refractivity (Wildman–Crippen MR) is 152 cm³/mol. The summed E-state index contributed by atoms with van der Waals surface area (Å²) in [7, 11) is 0. The van der Waals surface area contributed by atoms with Gasteiger partial charge in [0.05, 0.1) is 16.3 Å². The summed E-state index contributed by atoms with van der Waals surface area (Å²) in [6.07, 6.45) is -1.10. The zero-order valence-corrected chi connectivity index (χ0v) is 24.6. The van der Waals surface area contributed by atoms with E-state index in [1.54, 1.807) is 9.80 Å². The van der Waals surface area contributed by atoms with Gasteiger partial charge >= 0.3 is 6.18 Å². The number of alkyl halides is 4. The highest BCUT2D eigenvalue weighted by Gasteiger charge is 2.54. The number of fused-ring (bicyclic) bond motifs is 2. The molecule has 1 fully saturated rings. The van der Waals surface area contributed by atoms with Gasteiger partial charge in [0, 0.05) is 36.0 Å². The molecule has 6 rings (SSSR count). The molecule has 11 nitrogen and oxygen atoms in total. The second kappa shape index (κ2) is 10.8. The highest BCUT2D eigenvalue weighted by molar-refractivity contribution is 9.09. The van der Waals surface area contributed by atoms with E-state index in [9.17, 15) is 32.7 Å². The third kappa shape index (κ3) is 5.23. The lowest BCUT2D eigenvalue weighted by Gasteiger charge is -2.43. The van der Waals surface area contributed by atoms with Crippen molar-refractivity contribution in [3.63, 3.8) is 0 Å². The Morgan fingerprint density at radius 2 is 1.95 bits per heavy atom. The molecular weight excluding hydrogens is 659 g/mol. The molecule has 3 aliphatic heterocycles. The number of hydrogen-bond acceptors (Lipinski definition) is 8. The number of carbonyl (C=O) groups excluding carboxylic acids is 3. The number of pyridine rings is 1. The first kappa shape index (κ1) is 29.4. The maximum atomic E-state index is 13.8. The van der Waals surface area contributed by atoms with Crippen molar-refractivity contribution in [2.75, 3.05) is 25.0 Å². The average Bonchev–Trinajstić information content (AvgIpc) is 3.53. The number of benzene rings is 1. The molecular formula is C27H24BrClF3N7O4. The summed E-state index contributed by atoms with van der Waals surface area (Å²) >= 11 is 9.38. The number of aromatic hydroxyl groups is 1. The summed E-state index contributed by atoms with van der Waals surface area (Å²) in [6, 6.07) is 5.59. The van der Waals surface area contributed by atoms with E-state index in [2.05, 4.69) is 36.6 Å². The Morgan fingerprint density at radius 3 is 2.63 bits per heavy atom. The van der Waals surface area contributed by atoms with Crippen LogP contribution in [0.5, 0.6) is 5.75 Å². The fourth-order valence-electron chi connectivity index (χ4n) is 6.10. The number of nitrogens with zero attached hydrogens (tertiary/aromatic N) is 5. The Kier molecular flexibility index (Phi) is 7.37. The zero-order valence-electron chi connectivity index (χ0n) is 22.3. The first-order valence-electron chi connectivity index (χ1n) is 13.3. The topological polar surface area (TPSA) is 130 Å². The SMILES string of the molecule is O=C(CN1C2=NC(Br)NN2C(=O)C2=C1CCC21CCN(C(=O)c2ncccc2O)CC1)Nc1ccc(C(F)(F)F)cc1Cl. The number of aliphatic imine (C=N–C) groups is 1. The molecule has 2 aromatic rings. The molecule has 3 N–H and O–H groups in total. The third-order valence-corrected chi connectivity index (χ3v) is 8.90. The van der Waals surface area contributed by atoms with Gasteiger partial charge in [-0.3, -0.25) is 14.4 Å². The molecule has 1 atom stereocenters. The molecule has 1 unspecified atom stereocenters. The van der Waals surface area contributed by atoms with E-state index in [1.807, 2.05) is 0 Å². The number of nitrogens with one attached hydrogen (secondary N) is 2. The number of halogens is 5. The molecule has 4 heterocycles. The van der Waals surface area contributed by atoms with Crippen LogP contribution in [0.3, 0.4) is 0 Å². The number of carbonyl (C=O) groups is 3. The lowest BCUT2D eigenvalue weighted by molar-refractivity contribution is -0.137. The van der Waals surface area contributed by atoms with E-state index in [0.717, 1.165) is 18.2 Å². The van der Waals surface area contributed by atoms with E-state index >= 15 is 0 Å². The molecule has 16 heteroatoms. The Hall–Kier alpha value is -3.69.